The van der Waals surface area contributed by atoms with Crippen molar-refractivity contribution in [2.24, 2.45) is 11.7 Å². The van der Waals surface area contributed by atoms with E-state index in [-0.39, 0.29) is 17.9 Å². The summed E-state index contributed by atoms with van der Waals surface area (Å²) < 4.78 is 0. The second kappa shape index (κ2) is 5.49. The first-order valence-electron chi connectivity index (χ1n) is 6.49. The maximum absolute atomic E-state index is 12.1. The van der Waals surface area contributed by atoms with Crippen molar-refractivity contribution in [2.45, 2.75) is 38.1 Å². The maximum atomic E-state index is 12.1. The molecule has 2 amide bonds. The number of carbonyl (C=O) groups is 2. The van der Waals surface area contributed by atoms with Crippen LogP contribution in [0.2, 0.25) is 0 Å². The van der Waals surface area contributed by atoms with E-state index in [0.717, 1.165) is 38.9 Å². The molecule has 17 heavy (non-hydrogen) atoms. The summed E-state index contributed by atoms with van der Waals surface area (Å²) in [6.45, 7) is 2.36. The van der Waals surface area contributed by atoms with E-state index in [1.165, 1.54) is 0 Å². The monoisotopic (exact) mass is 239 g/mol. The van der Waals surface area contributed by atoms with E-state index in [9.17, 15) is 9.59 Å². The summed E-state index contributed by atoms with van der Waals surface area (Å²) in [6.07, 6.45) is 4.29. The van der Waals surface area contributed by atoms with Gasteiger partial charge in [0, 0.05) is 19.5 Å². The lowest BCUT2D eigenvalue weighted by Crippen LogP contribution is -2.47. The van der Waals surface area contributed by atoms with Crippen LogP contribution in [0.15, 0.2) is 0 Å². The van der Waals surface area contributed by atoms with E-state index in [2.05, 4.69) is 5.32 Å². The van der Waals surface area contributed by atoms with Crippen LogP contribution in [-0.4, -0.2) is 42.4 Å². The molecule has 0 aromatic rings. The predicted octanol–water partition coefficient (Wildman–Crippen LogP) is -0.148. The van der Waals surface area contributed by atoms with Gasteiger partial charge in [-0.05, 0) is 38.1 Å². The van der Waals surface area contributed by atoms with Crippen LogP contribution in [0.3, 0.4) is 0 Å². The molecule has 2 aliphatic rings. The minimum Gasteiger partial charge on any atom is -0.344 e. The average Bonchev–Trinajstić information content (AvgIpc) is 2.76. The lowest BCUT2D eigenvalue weighted by molar-refractivity contribution is -0.135. The number of nitrogens with zero attached hydrogens (tertiary/aromatic N) is 1. The Labute approximate surface area is 102 Å². The van der Waals surface area contributed by atoms with Gasteiger partial charge in [0.2, 0.25) is 11.8 Å². The summed E-state index contributed by atoms with van der Waals surface area (Å²) in [4.78, 5) is 25.1. The summed E-state index contributed by atoms with van der Waals surface area (Å²) in [5.41, 5.74) is 5.54. The Bertz CT molecular complexity index is 298. The molecular weight excluding hydrogens is 218 g/mol. The molecule has 5 nitrogen and oxygen atoms in total. The van der Waals surface area contributed by atoms with Crippen molar-refractivity contribution in [2.75, 3.05) is 19.6 Å². The molecule has 0 saturated carbocycles. The lowest BCUT2D eigenvalue weighted by atomic mass is 9.93. The molecule has 0 aromatic carbocycles. The van der Waals surface area contributed by atoms with Crippen molar-refractivity contribution in [1.29, 1.82) is 0 Å². The van der Waals surface area contributed by atoms with Gasteiger partial charge in [-0.15, -0.1) is 0 Å². The standard InChI is InChI=1S/C12H21N3O2/c13-6-3-9-4-7-15(8-5-9)12(17)10-1-2-11(16)14-10/h9-10H,1-8,13H2,(H,14,16)/t10-/m1/s1. The predicted molar refractivity (Wildman–Crippen MR) is 64.1 cm³/mol. The van der Waals surface area contributed by atoms with Gasteiger partial charge in [-0.25, -0.2) is 0 Å². The quantitative estimate of drug-likeness (QED) is 0.719. The zero-order valence-electron chi connectivity index (χ0n) is 10.2. The second-order valence-electron chi connectivity index (χ2n) is 5.00. The van der Waals surface area contributed by atoms with Crippen molar-refractivity contribution >= 4 is 11.8 Å². The number of nitrogens with two attached hydrogens (primary N) is 1. The van der Waals surface area contributed by atoms with E-state index >= 15 is 0 Å². The van der Waals surface area contributed by atoms with Crippen molar-refractivity contribution in [3.8, 4) is 0 Å². The number of rotatable bonds is 3. The normalized spacial score (nSPS) is 26.1. The highest BCUT2D eigenvalue weighted by Gasteiger charge is 2.32. The summed E-state index contributed by atoms with van der Waals surface area (Å²) in [6, 6.07) is -0.270. The van der Waals surface area contributed by atoms with Gasteiger partial charge in [0.1, 0.15) is 6.04 Å². The molecule has 2 heterocycles. The fraction of sp³-hybridized carbons (Fsp3) is 0.833. The number of hydrogen-bond acceptors (Lipinski definition) is 3. The van der Waals surface area contributed by atoms with Gasteiger partial charge in [0.15, 0.2) is 0 Å². The topological polar surface area (TPSA) is 75.4 Å². The maximum Gasteiger partial charge on any atom is 0.245 e. The van der Waals surface area contributed by atoms with Gasteiger partial charge >= 0.3 is 0 Å². The molecule has 0 aliphatic carbocycles. The fourth-order valence-electron chi connectivity index (χ4n) is 2.70. The Morgan fingerprint density at radius 2 is 2.06 bits per heavy atom. The number of hydrogen-bond donors (Lipinski definition) is 2. The zero-order chi connectivity index (χ0) is 12.3. The number of piperidine rings is 1. The van der Waals surface area contributed by atoms with Crippen molar-refractivity contribution in [3.05, 3.63) is 0 Å². The SMILES string of the molecule is NCCC1CCN(C(=O)[C@H]2CCC(=O)N2)CC1. The van der Waals surface area contributed by atoms with Crippen molar-refractivity contribution in [3.63, 3.8) is 0 Å². The summed E-state index contributed by atoms with van der Waals surface area (Å²) in [5, 5.41) is 2.74. The Kier molecular flexibility index (Phi) is 3.99. The molecule has 2 fully saturated rings. The molecule has 0 radical (unpaired) electrons. The molecule has 2 aliphatic heterocycles. The van der Waals surface area contributed by atoms with E-state index in [1.54, 1.807) is 0 Å². The third kappa shape index (κ3) is 2.97. The number of amides is 2. The number of nitrogens with one attached hydrogen (secondary N) is 1. The molecule has 5 heteroatoms. The van der Waals surface area contributed by atoms with Crippen LogP contribution in [0.4, 0.5) is 0 Å². The lowest BCUT2D eigenvalue weighted by Gasteiger charge is -2.33. The van der Waals surface area contributed by atoms with Gasteiger partial charge < -0.3 is 16.0 Å². The molecule has 96 valence electrons. The highest BCUT2D eigenvalue weighted by molar-refractivity contribution is 5.90. The molecule has 0 unspecified atom stereocenters. The van der Waals surface area contributed by atoms with Crippen LogP contribution in [0.5, 0.6) is 0 Å². The first kappa shape index (κ1) is 12.4. The minimum atomic E-state index is -0.270. The van der Waals surface area contributed by atoms with Crippen molar-refractivity contribution in [1.82, 2.24) is 10.2 Å². The molecule has 2 saturated heterocycles. The Morgan fingerprint density at radius 3 is 2.59 bits per heavy atom. The first-order valence-corrected chi connectivity index (χ1v) is 6.49. The van der Waals surface area contributed by atoms with E-state index < -0.39 is 0 Å². The minimum absolute atomic E-state index is 0.00127. The van der Waals surface area contributed by atoms with Gasteiger partial charge in [0.05, 0.1) is 0 Å². The Morgan fingerprint density at radius 1 is 1.35 bits per heavy atom. The van der Waals surface area contributed by atoms with E-state index in [1.807, 2.05) is 4.90 Å². The molecule has 0 bridgehead atoms. The number of carbonyl (C=O) groups excluding carboxylic acids is 2. The van der Waals surface area contributed by atoms with Gasteiger partial charge in [-0.3, -0.25) is 9.59 Å². The van der Waals surface area contributed by atoms with Crippen LogP contribution in [0, 0.1) is 5.92 Å². The van der Waals surface area contributed by atoms with Crippen LogP contribution < -0.4 is 11.1 Å². The van der Waals surface area contributed by atoms with Crippen LogP contribution in [0.25, 0.3) is 0 Å². The van der Waals surface area contributed by atoms with Crippen molar-refractivity contribution < 1.29 is 9.59 Å². The Balaban J connectivity index is 1.80. The molecule has 2 rings (SSSR count). The number of likely N-dealkylation sites (tertiary alicyclic amines) is 1. The molecular formula is C12H21N3O2. The van der Waals surface area contributed by atoms with Crippen LogP contribution in [-0.2, 0) is 9.59 Å². The van der Waals surface area contributed by atoms with Gasteiger partial charge in [-0.1, -0.05) is 0 Å². The fourth-order valence-corrected chi connectivity index (χ4v) is 2.70. The largest absolute Gasteiger partial charge is 0.344 e. The summed E-state index contributed by atoms with van der Waals surface area (Å²) >= 11 is 0. The van der Waals surface area contributed by atoms with Crippen LogP contribution in [0.1, 0.15) is 32.1 Å². The Hall–Kier alpha value is -1.10. The first-order chi connectivity index (χ1) is 8.20. The molecule has 1 atom stereocenters. The molecule has 0 aromatic heterocycles. The third-order valence-electron chi connectivity index (χ3n) is 3.79. The highest BCUT2D eigenvalue weighted by Crippen LogP contribution is 2.21. The highest BCUT2D eigenvalue weighted by atomic mass is 16.2. The average molecular weight is 239 g/mol. The molecule has 0 spiro atoms. The van der Waals surface area contributed by atoms with E-state index in [0.29, 0.717) is 18.8 Å². The summed E-state index contributed by atoms with van der Waals surface area (Å²) in [5.74, 6) is 0.769. The van der Waals surface area contributed by atoms with Gasteiger partial charge in [0.25, 0.3) is 0 Å². The van der Waals surface area contributed by atoms with E-state index in [4.69, 9.17) is 5.73 Å². The zero-order valence-corrected chi connectivity index (χ0v) is 10.2. The van der Waals surface area contributed by atoms with Crippen LogP contribution >= 0.6 is 0 Å². The molecule has 3 N–H and O–H groups in total. The van der Waals surface area contributed by atoms with Gasteiger partial charge in [-0.2, -0.15) is 0 Å². The third-order valence-corrected chi connectivity index (χ3v) is 3.79. The second-order valence-corrected chi connectivity index (χ2v) is 5.00. The smallest absolute Gasteiger partial charge is 0.245 e. The summed E-state index contributed by atoms with van der Waals surface area (Å²) in [7, 11) is 0.